The average molecular weight is 324 g/mol. The van der Waals surface area contributed by atoms with Crippen molar-refractivity contribution in [2.75, 3.05) is 0 Å². The van der Waals surface area contributed by atoms with Gasteiger partial charge in [0.15, 0.2) is 0 Å². The van der Waals surface area contributed by atoms with E-state index in [0.717, 1.165) is 0 Å². The van der Waals surface area contributed by atoms with Gasteiger partial charge in [-0.05, 0) is 24.3 Å². The van der Waals surface area contributed by atoms with Crippen LogP contribution in [0.25, 0.3) is 11.4 Å². The lowest BCUT2D eigenvalue weighted by molar-refractivity contribution is -0.117. The highest BCUT2D eigenvalue weighted by atomic mass is 19.1. The number of fused-ring (bicyclic) bond motifs is 1. The molecule has 4 rings (SSSR count). The zero-order chi connectivity index (χ0) is 16.8. The van der Waals surface area contributed by atoms with Crippen LogP contribution in [-0.4, -0.2) is 11.8 Å². The van der Waals surface area contributed by atoms with E-state index >= 15 is 0 Å². The standard InChI is InChI=1S/C18H10F2N2O2/c19-11-5-1-3-9(7-11)15-13-14(18(24)21-15)16(22-17(13)23)10-4-2-6-12(20)8-10/h1-8H,(H,21,24)(H,22,23). The molecule has 2 N–H and O–H groups in total. The second kappa shape index (κ2) is 5.13. The lowest BCUT2D eigenvalue weighted by atomic mass is 10.0. The first kappa shape index (κ1) is 14.3. The molecule has 0 atom stereocenters. The van der Waals surface area contributed by atoms with E-state index in [0.29, 0.717) is 11.1 Å². The summed E-state index contributed by atoms with van der Waals surface area (Å²) < 4.78 is 26.9. The van der Waals surface area contributed by atoms with Crippen LogP contribution < -0.4 is 10.6 Å². The molecule has 0 saturated carbocycles. The Bertz CT molecular complexity index is 897. The first-order valence-corrected chi connectivity index (χ1v) is 7.18. The minimum atomic E-state index is -0.484. The number of amides is 2. The van der Waals surface area contributed by atoms with E-state index in [1.54, 1.807) is 12.1 Å². The van der Waals surface area contributed by atoms with Gasteiger partial charge in [0.05, 0.1) is 22.5 Å². The molecule has 2 aromatic rings. The lowest BCUT2D eigenvalue weighted by Crippen LogP contribution is -2.21. The van der Waals surface area contributed by atoms with Gasteiger partial charge in [-0.25, -0.2) is 8.78 Å². The van der Waals surface area contributed by atoms with Crippen LogP contribution in [0.1, 0.15) is 11.1 Å². The molecule has 4 nitrogen and oxygen atoms in total. The van der Waals surface area contributed by atoms with Gasteiger partial charge in [0, 0.05) is 11.1 Å². The number of carbonyl (C=O) groups is 2. The maximum atomic E-state index is 13.5. The summed E-state index contributed by atoms with van der Waals surface area (Å²) in [6.07, 6.45) is 0. The van der Waals surface area contributed by atoms with Crippen LogP contribution in [0.5, 0.6) is 0 Å². The van der Waals surface area contributed by atoms with Crippen LogP contribution >= 0.6 is 0 Å². The highest BCUT2D eigenvalue weighted by Gasteiger charge is 2.40. The SMILES string of the molecule is O=C1NC(c2cccc(F)c2)=C2C(=O)NC(c3cccc(F)c3)=C12. The molecule has 0 spiro atoms. The molecule has 0 aromatic heterocycles. The van der Waals surface area contributed by atoms with Crippen LogP contribution in [0.3, 0.4) is 0 Å². The van der Waals surface area contributed by atoms with Gasteiger partial charge in [-0.2, -0.15) is 0 Å². The molecule has 2 amide bonds. The number of hydrogen-bond donors (Lipinski definition) is 2. The van der Waals surface area contributed by atoms with Gasteiger partial charge < -0.3 is 10.6 Å². The lowest BCUT2D eigenvalue weighted by Gasteiger charge is -2.07. The third-order valence-electron chi connectivity index (χ3n) is 3.91. The van der Waals surface area contributed by atoms with Crippen molar-refractivity contribution in [1.82, 2.24) is 10.6 Å². The third-order valence-corrected chi connectivity index (χ3v) is 3.91. The Labute approximate surface area is 135 Å². The Morgan fingerprint density at radius 1 is 0.667 bits per heavy atom. The van der Waals surface area contributed by atoms with Crippen molar-refractivity contribution in [3.63, 3.8) is 0 Å². The van der Waals surface area contributed by atoms with Gasteiger partial charge in [-0.15, -0.1) is 0 Å². The van der Waals surface area contributed by atoms with Gasteiger partial charge in [0.25, 0.3) is 11.8 Å². The molecule has 2 aromatic carbocycles. The molecule has 0 aliphatic carbocycles. The fourth-order valence-corrected chi connectivity index (χ4v) is 2.90. The van der Waals surface area contributed by atoms with E-state index in [1.165, 1.54) is 36.4 Å². The molecule has 0 saturated heterocycles. The maximum absolute atomic E-state index is 13.5. The monoisotopic (exact) mass is 324 g/mol. The van der Waals surface area contributed by atoms with Gasteiger partial charge in [0.2, 0.25) is 0 Å². The van der Waals surface area contributed by atoms with Crippen molar-refractivity contribution in [1.29, 1.82) is 0 Å². The van der Waals surface area contributed by atoms with Crippen LogP contribution in [0, 0.1) is 11.6 Å². The molecular formula is C18H10F2N2O2. The van der Waals surface area contributed by atoms with Crippen LogP contribution in [0.15, 0.2) is 59.7 Å². The van der Waals surface area contributed by atoms with Crippen LogP contribution in [-0.2, 0) is 9.59 Å². The smallest absolute Gasteiger partial charge is 0.258 e. The van der Waals surface area contributed by atoms with Crippen molar-refractivity contribution in [2.24, 2.45) is 0 Å². The Kier molecular flexibility index (Phi) is 3.06. The quantitative estimate of drug-likeness (QED) is 0.891. The van der Waals surface area contributed by atoms with Crippen molar-refractivity contribution in [3.8, 4) is 0 Å². The molecule has 0 unspecified atom stereocenters. The summed E-state index contributed by atoms with van der Waals surface area (Å²) >= 11 is 0. The van der Waals surface area contributed by atoms with Crippen molar-refractivity contribution < 1.29 is 18.4 Å². The summed E-state index contributed by atoms with van der Waals surface area (Å²) in [5.41, 5.74) is 1.57. The molecule has 2 aliphatic heterocycles. The minimum Gasteiger partial charge on any atom is -0.321 e. The highest BCUT2D eigenvalue weighted by Crippen LogP contribution is 2.37. The van der Waals surface area contributed by atoms with Gasteiger partial charge in [-0.3, -0.25) is 9.59 Å². The van der Waals surface area contributed by atoms with Crippen LogP contribution in [0.4, 0.5) is 8.78 Å². The number of nitrogens with one attached hydrogen (secondary N) is 2. The normalized spacial score (nSPS) is 16.4. The summed E-state index contributed by atoms with van der Waals surface area (Å²) in [5, 5.41) is 5.21. The van der Waals surface area contributed by atoms with Gasteiger partial charge in [-0.1, -0.05) is 24.3 Å². The number of carbonyl (C=O) groups excluding carboxylic acids is 2. The molecule has 6 heteroatoms. The van der Waals surface area contributed by atoms with Crippen molar-refractivity contribution in [2.45, 2.75) is 0 Å². The first-order chi connectivity index (χ1) is 11.5. The second-order valence-electron chi connectivity index (χ2n) is 5.43. The Hall–Kier alpha value is -3.28. The molecule has 118 valence electrons. The number of benzene rings is 2. The predicted octanol–water partition coefficient (Wildman–Crippen LogP) is 2.35. The summed E-state index contributed by atoms with van der Waals surface area (Å²) in [4.78, 5) is 24.7. The van der Waals surface area contributed by atoms with Crippen LogP contribution in [0.2, 0.25) is 0 Å². The summed E-state index contributed by atoms with van der Waals surface area (Å²) in [7, 11) is 0. The highest BCUT2D eigenvalue weighted by molar-refractivity contribution is 6.30. The Morgan fingerprint density at radius 2 is 1.08 bits per heavy atom. The molecule has 2 aliphatic rings. The largest absolute Gasteiger partial charge is 0.321 e. The molecule has 0 radical (unpaired) electrons. The molecule has 0 bridgehead atoms. The van der Waals surface area contributed by atoms with E-state index in [1.807, 2.05) is 0 Å². The summed E-state index contributed by atoms with van der Waals surface area (Å²) in [5.74, 6) is -1.92. The predicted molar refractivity (Wildman–Crippen MR) is 82.9 cm³/mol. The fraction of sp³-hybridized carbons (Fsp3) is 0. The van der Waals surface area contributed by atoms with E-state index in [9.17, 15) is 18.4 Å². The zero-order valence-corrected chi connectivity index (χ0v) is 12.2. The summed E-state index contributed by atoms with van der Waals surface area (Å²) in [6, 6.07) is 11.2. The molecular weight excluding hydrogens is 314 g/mol. The Balaban J connectivity index is 1.92. The van der Waals surface area contributed by atoms with E-state index in [4.69, 9.17) is 0 Å². The zero-order valence-electron chi connectivity index (χ0n) is 12.2. The number of halogens is 2. The average Bonchev–Trinajstić information content (AvgIpc) is 3.07. The molecule has 2 heterocycles. The van der Waals surface area contributed by atoms with Crippen molar-refractivity contribution >= 4 is 23.2 Å². The first-order valence-electron chi connectivity index (χ1n) is 7.18. The van der Waals surface area contributed by atoms with E-state index in [-0.39, 0.29) is 22.5 Å². The third kappa shape index (κ3) is 2.11. The van der Waals surface area contributed by atoms with E-state index < -0.39 is 23.4 Å². The number of rotatable bonds is 2. The topological polar surface area (TPSA) is 58.2 Å². The molecule has 0 fully saturated rings. The van der Waals surface area contributed by atoms with Crippen molar-refractivity contribution in [3.05, 3.63) is 82.4 Å². The fourth-order valence-electron chi connectivity index (χ4n) is 2.90. The maximum Gasteiger partial charge on any atom is 0.258 e. The minimum absolute atomic E-state index is 0.143. The van der Waals surface area contributed by atoms with E-state index in [2.05, 4.69) is 10.6 Å². The van der Waals surface area contributed by atoms with Gasteiger partial charge >= 0.3 is 0 Å². The Morgan fingerprint density at radius 3 is 1.46 bits per heavy atom. The number of hydrogen-bond acceptors (Lipinski definition) is 2. The summed E-state index contributed by atoms with van der Waals surface area (Å²) in [6.45, 7) is 0. The second-order valence-corrected chi connectivity index (χ2v) is 5.43. The molecule has 24 heavy (non-hydrogen) atoms. The van der Waals surface area contributed by atoms with Gasteiger partial charge in [0.1, 0.15) is 11.6 Å².